The third kappa shape index (κ3) is 4.62. The van der Waals surface area contributed by atoms with Crippen molar-refractivity contribution in [1.82, 2.24) is 10.2 Å². The van der Waals surface area contributed by atoms with Gasteiger partial charge in [0.2, 0.25) is 5.91 Å². The lowest BCUT2D eigenvalue weighted by Gasteiger charge is -2.21. The Morgan fingerprint density at radius 1 is 1.25 bits per heavy atom. The van der Waals surface area contributed by atoms with Crippen molar-refractivity contribution >= 4 is 5.91 Å². The fraction of sp³-hybridized carbons (Fsp3) is 0.562. The Kier molecular flexibility index (Phi) is 5.56. The molecule has 1 heterocycles. The maximum atomic E-state index is 12.0. The fourth-order valence-corrected chi connectivity index (χ4v) is 2.70. The van der Waals surface area contributed by atoms with Crippen LogP contribution in [0.1, 0.15) is 30.9 Å². The van der Waals surface area contributed by atoms with Crippen LogP contribution >= 0.6 is 0 Å². The Balaban J connectivity index is 1.75. The number of amides is 1. The summed E-state index contributed by atoms with van der Waals surface area (Å²) in [6.45, 7) is 5.91. The molecule has 2 rings (SSSR count). The number of hydrogen-bond donors (Lipinski definition) is 2. The van der Waals surface area contributed by atoms with Gasteiger partial charge < -0.3 is 16.0 Å². The Morgan fingerprint density at radius 2 is 1.85 bits per heavy atom. The molecule has 1 fully saturated rings. The third-order valence-electron chi connectivity index (χ3n) is 3.76. The number of benzene rings is 1. The molecule has 0 spiro atoms. The topological polar surface area (TPSA) is 58.4 Å². The molecule has 0 aromatic heterocycles. The molecule has 1 aromatic carbocycles. The average molecular weight is 275 g/mol. The summed E-state index contributed by atoms with van der Waals surface area (Å²) in [7, 11) is 0. The fourth-order valence-electron chi connectivity index (χ4n) is 2.70. The van der Waals surface area contributed by atoms with Crippen molar-refractivity contribution in [3.05, 3.63) is 35.4 Å². The largest absolute Gasteiger partial charge is 0.352 e. The van der Waals surface area contributed by atoms with Gasteiger partial charge in [-0.3, -0.25) is 4.79 Å². The molecule has 1 amide bonds. The van der Waals surface area contributed by atoms with Gasteiger partial charge in [-0.2, -0.15) is 0 Å². The van der Waals surface area contributed by atoms with Crippen LogP contribution in [-0.4, -0.2) is 36.5 Å². The van der Waals surface area contributed by atoms with Crippen molar-refractivity contribution in [1.29, 1.82) is 0 Å². The van der Waals surface area contributed by atoms with Crippen LogP contribution in [0.15, 0.2) is 24.3 Å². The highest BCUT2D eigenvalue weighted by Gasteiger charge is 2.15. The van der Waals surface area contributed by atoms with E-state index < -0.39 is 0 Å². The summed E-state index contributed by atoms with van der Waals surface area (Å²) in [5.74, 6) is 0.0946. The summed E-state index contributed by atoms with van der Waals surface area (Å²) in [6, 6.07) is 8.13. The van der Waals surface area contributed by atoms with Crippen molar-refractivity contribution in [2.75, 3.05) is 19.6 Å². The minimum Gasteiger partial charge on any atom is -0.352 e. The van der Waals surface area contributed by atoms with Crippen LogP contribution in [0.3, 0.4) is 0 Å². The van der Waals surface area contributed by atoms with Crippen molar-refractivity contribution in [2.24, 2.45) is 5.73 Å². The number of nitrogens with one attached hydrogen (secondary N) is 1. The van der Waals surface area contributed by atoms with E-state index in [2.05, 4.69) is 17.1 Å². The van der Waals surface area contributed by atoms with Crippen molar-refractivity contribution in [3.63, 3.8) is 0 Å². The molecular weight excluding hydrogens is 250 g/mol. The minimum absolute atomic E-state index is 0.0946. The van der Waals surface area contributed by atoms with Crippen LogP contribution in [0.4, 0.5) is 0 Å². The second-order valence-corrected chi connectivity index (χ2v) is 5.67. The van der Waals surface area contributed by atoms with Gasteiger partial charge >= 0.3 is 0 Å². The number of carbonyl (C=O) groups excluding carboxylic acids is 1. The summed E-state index contributed by atoms with van der Waals surface area (Å²) in [5, 5.41) is 3.08. The van der Waals surface area contributed by atoms with Gasteiger partial charge in [0.1, 0.15) is 0 Å². The summed E-state index contributed by atoms with van der Waals surface area (Å²) < 4.78 is 0. The summed E-state index contributed by atoms with van der Waals surface area (Å²) in [6.07, 6.45) is 3.01. The average Bonchev–Trinajstić information content (AvgIpc) is 2.92. The van der Waals surface area contributed by atoms with Crippen LogP contribution in [0.25, 0.3) is 0 Å². The van der Waals surface area contributed by atoms with E-state index in [4.69, 9.17) is 5.73 Å². The molecule has 1 saturated heterocycles. The highest BCUT2D eigenvalue weighted by molar-refractivity contribution is 5.78. The smallest absolute Gasteiger partial charge is 0.224 e. The molecule has 0 saturated carbocycles. The van der Waals surface area contributed by atoms with Crippen molar-refractivity contribution in [3.8, 4) is 0 Å². The highest BCUT2D eigenvalue weighted by Crippen LogP contribution is 2.08. The monoisotopic (exact) mass is 275 g/mol. The standard InChI is InChI=1S/C16H25N3O/c1-13(12-19-8-2-3-9-19)18-16(20)10-14-4-6-15(11-17)7-5-14/h4-7,13H,2-3,8-12,17H2,1H3,(H,18,20). The first-order chi connectivity index (χ1) is 9.67. The van der Waals surface area contributed by atoms with Crippen LogP contribution in [0.5, 0.6) is 0 Å². The number of nitrogens with zero attached hydrogens (tertiary/aromatic N) is 1. The van der Waals surface area contributed by atoms with E-state index in [1.54, 1.807) is 0 Å². The normalized spacial score (nSPS) is 17.1. The van der Waals surface area contributed by atoms with Gasteiger partial charge in [0.15, 0.2) is 0 Å². The second-order valence-electron chi connectivity index (χ2n) is 5.67. The number of rotatable bonds is 6. The first-order valence-electron chi connectivity index (χ1n) is 7.47. The molecule has 1 aliphatic heterocycles. The number of nitrogens with two attached hydrogens (primary N) is 1. The molecule has 0 radical (unpaired) electrons. The van der Waals surface area contributed by atoms with E-state index in [1.165, 1.54) is 25.9 Å². The maximum absolute atomic E-state index is 12.0. The van der Waals surface area contributed by atoms with Gasteiger partial charge in [-0.1, -0.05) is 24.3 Å². The lowest BCUT2D eigenvalue weighted by molar-refractivity contribution is -0.121. The molecule has 3 N–H and O–H groups in total. The van der Waals surface area contributed by atoms with E-state index >= 15 is 0 Å². The van der Waals surface area contributed by atoms with Gasteiger partial charge in [-0.25, -0.2) is 0 Å². The van der Waals surface area contributed by atoms with Gasteiger partial charge in [-0.15, -0.1) is 0 Å². The van der Waals surface area contributed by atoms with E-state index in [-0.39, 0.29) is 11.9 Å². The third-order valence-corrected chi connectivity index (χ3v) is 3.76. The molecule has 1 aromatic rings. The van der Waals surface area contributed by atoms with Crippen molar-refractivity contribution < 1.29 is 4.79 Å². The maximum Gasteiger partial charge on any atom is 0.224 e. The molecule has 0 bridgehead atoms. The van der Waals surface area contributed by atoms with Crippen molar-refractivity contribution in [2.45, 2.75) is 38.8 Å². The lowest BCUT2D eigenvalue weighted by Crippen LogP contribution is -2.41. The van der Waals surface area contributed by atoms with E-state index in [0.29, 0.717) is 13.0 Å². The van der Waals surface area contributed by atoms with Crippen LogP contribution in [-0.2, 0) is 17.8 Å². The van der Waals surface area contributed by atoms with Crippen LogP contribution < -0.4 is 11.1 Å². The first kappa shape index (κ1) is 15.0. The van der Waals surface area contributed by atoms with E-state index in [0.717, 1.165) is 17.7 Å². The SMILES string of the molecule is CC(CN1CCCC1)NC(=O)Cc1ccc(CN)cc1. The molecule has 110 valence electrons. The zero-order chi connectivity index (χ0) is 14.4. The molecule has 4 nitrogen and oxygen atoms in total. The summed E-state index contributed by atoms with van der Waals surface area (Å²) in [5.41, 5.74) is 7.69. The Bertz CT molecular complexity index is 424. The zero-order valence-electron chi connectivity index (χ0n) is 12.3. The van der Waals surface area contributed by atoms with E-state index in [9.17, 15) is 4.79 Å². The number of carbonyl (C=O) groups is 1. The van der Waals surface area contributed by atoms with Gasteiger partial charge in [-0.05, 0) is 44.0 Å². The Morgan fingerprint density at radius 3 is 2.45 bits per heavy atom. The predicted octanol–water partition coefficient (Wildman–Crippen LogP) is 1.29. The molecule has 0 aliphatic carbocycles. The Hall–Kier alpha value is -1.39. The number of likely N-dealkylation sites (tertiary alicyclic amines) is 1. The zero-order valence-corrected chi connectivity index (χ0v) is 12.3. The quantitative estimate of drug-likeness (QED) is 0.822. The van der Waals surface area contributed by atoms with E-state index in [1.807, 2.05) is 24.3 Å². The summed E-state index contributed by atoms with van der Waals surface area (Å²) in [4.78, 5) is 14.4. The lowest BCUT2D eigenvalue weighted by atomic mass is 10.1. The molecule has 4 heteroatoms. The van der Waals surface area contributed by atoms with Gasteiger partial charge in [0, 0.05) is 19.1 Å². The highest BCUT2D eigenvalue weighted by atomic mass is 16.1. The molecule has 1 atom stereocenters. The molecular formula is C16H25N3O. The molecule has 20 heavy (non-hydrogen) atoms. The summed E-state index contributed by atoms with van der Waals surface area (Å²) >= 11 is 0. The van der Waals surface area contributed by atoms with Gasteiger partial charge in [0.25, 0.3) is 0 Å². The minimum atomic E-state index is 0.0946. The Labute approximate surface area is 121 Å². The first-order valence-corrected chi connectivity index (χ1v) is 7.47. The van der Waals surface area contributed by atoms with Crippen LogP contribution in [0.2, 0.25) is 0 Å². The number of hydrogen-bond acceptors (Lipinski definition) is 3. The molecule has 1 aliphatic rings. The predicted molar refractivity (Wildman–Crippen MR) is 81.3 cm³/mol. The molecule has 1 unspecified atom stereocenters. The second kappa shape index (κ2) is 7.41. The van der Waals surface area contributed by atoms with Gasteiger partial charge in [0.05, 0.1) is 6.42 Å². The van der Waals surface area contributed by atoms with Crippen LogP contribution in [0, 0.1) is 0 Å².